The Morgan fingerprint density at radius 2 is 2.19 bits per heavy atom. The average molecular weight is 227 g/mol. The zero-order valence-corrected chi connectivity index (χ0v) is 9.41. The first-order valence-corrected chi connectivity index (χ1v) is 5.46. The van der Waals surface area contributed by atoms with Gasteiger partial charge in [-0.2, -0.15) is 0 Å². The van der Waals surface area contributed by atoms with Gasteiger partial charge in [-0.05, 0) is 44.5 Å². The molecule has 1 aromatic rings. The van der Waals surface area contributed by atoms with E-state index in [1.807, 2.05) is 0 Å². The van der Waals surface area contributed by atoms with Crippen molar-refractivity contribution in [2.24, 2.45) is 0 Å². The van der Waals surface area contributed by atoms with Gasteiger partial charge < -0.3 is 15.5 Å². The highest BCUT2D eigenvalue weighted by atomic mass is 19.1. The smallest absolute Gasteiger partial charge is 0.123 e. The van der Waals surface area contributed by atoms with Crippen LogP contribution in [0.3, 0.4) is 0 Å². The van der Waals surface area contributed by atoms with Crippen LogP contribution in [-0.4, -0.2) is 22.9 Å². The summed E-state index contributed by atoms with van der Waals surface area (Å²) < 4.78 is 12.9. The van der Waals surface area contributed by atoms with Gasteiger partial charge in [0.1, 0.15) is 11.6 Å². The molecule has 90 valence electrons. The molecule has 0 saturated heterocycles. The summed E-state index contributed by atoms with van der Waals surface area (Å²) in [7, 11) is 0. The number of aliphatic hydroxyl groups excluding tert-OH is 1. The van der Waals surface area contributed by atoms with Gasteiger partial charge in [0, 0.05) is 12.1 Å². The Morgan fingerprint density at radius 3 is 2.88 bits per heavy atom. The fourth-order valence-electron chi connectivity index (χ4n) is 1.44. The van der Waals surface area contributed by atoms with E-state index in [4.69, 9.17) is 5.11 Å². The standard InChI is InChI=1S/C12H18FNO2/c1-9(15)3-2-6-14-8-10-7-11(13)4-5-12(10)16/h4-5,7,9,14-16H,2-3,6,8H2,1H3. The maximum Gasteiger partial charge on any atom is 0.123 e. The molecule has 1 unspecified atom stereocenters. The average Bonchev–Trinajstić information content (AvgIpc) is 2.22. The van der Waals surface area contributed by atoms with Crippen LogP contribution in [0.2, 0.25) is 0 Å². The van der Waals surface area contributed by atoms with Crippen LogP contribution >= 0.6 is 0 Å². The normalized spacial score (nSPS) is 12.7. The highest BCUT2D eigenvalue weighted by Crippen LogP contribution is 2.17. The van der Waals surface area contributed by atoms with E-state index in [0.717, 1.165) is 19.4 Å². The molecule has 0 fully saturated rings. The van der Waals surface area contributed by atoms with E-state index in [2.05, 4.69) is 5.32 Å². The fraction of sp³-hybridized carbons (Fsp3) is 0.500. The van der Waals surface area contributed by atoms with Gasteiger partial charge in [-0.15, -0.1) is 0 Å². The van der Waals surface area contributed by atoms with Crippen LogP contribution < -0.4 is 5.32 Å². The summed E-state index contributed by atoms with van der Waals surface area (Å²) in [6.07, 6.45) is 1.31. The molecule has 0 aliphatic heterocycles. The van der Waals surface area contributed by atoms with Crippen molar-refractivity contribution < 1.29 is 14.6 Å². The Morgan fingerprint density at radius 1 is 1.44 bits per heavy atom. The highest BCUT2D eigenvalue weighted by Gasteiger charge is 2.02. The number of benzene rings is 1. The molecule has 0 aromatic heterocycles. The van der Waals surface area contributed by atoms with Gasteiger partial charge in [0.05, 0.1) is 6.10 Å². The third-order valence-corrected chi connectivity index (χ3v) is 2.33. The second-order valence-electron chi connectivity index (χ2n) is 3.94. The zero-order valence-electron chi connectivity index (χ0n) is 9.41. The van der Waals surface area contributed by atoms with Gasteiger partial charge in [0.2, 0.25) is 0 Å². The van der Waals surface area contributed by atoms with E-state index in [0.29, 0.717) is 12.1 Å². The molecule has 0 saturated carbocycles. The van der Waals surface area contributed by atoms with Crippen LogP contribution in [0.5, 0.6) is 5.75 Å². The van der Waals surface area contributed by atoms with Gasteiger partial charge in [0.15, 0.2) is 0 Å². The molecule has 4 heteroatoms. The van der Waals surface area contributed by atoms with Crippen molar-refractivity contribution in [3.8, 4) is 5.75 Å². The largest absolute Gasteiger partial charge is 0.508 e. The van der Waals surface area contributed by atoms with Gasteiger partial charge in [-0.3, -0.25) is 0 Å². The SMILES string of the molecule is CC(O)CCCNCc1cc(F)ccc1O. The lowest BCUT2D eigenvalue weighted by molar-refractivity contribution is 0.181. The van der Waals surface area contributed by atoms with Crippen LogP contribution in [0.25, 0.3) is 0 Å². The summed E-state index contributed by atoms with van der Waals surface area (Å²) in [6.45, 7) is 2.92. The molecule has 3 N–H and O–H groups in total. The third-order valence-electron chi connectivity index (χ3n) is 2.33. The van der Waals surface area contributed by atoms with E-state index in [1.54, 1.807) is 6.92 Å². The van der Waals surface area contributed by atoms with Gasteiger partial charge in [0.25, 0.3) is 0 Å². The fourth-order valence-corrected chi connectivity index (χ4v) is 1.44. The summed E-state index contributed by atoms with van der Waals surface area (Å²) in [6, 6.07) is 3.89. The van der Waals surface area contributed by atoms with Crippen LogP contribution in [0.15, 0.2) is 18.2 Å². The van der Waals surface area contributed by atoms with Crippen molar-refractivity contribution in [2.45, 2.75) is 32.4 Å². The Labute approximate surface area is 94.9 Å². The van der Waals surface area contributed by atoms with E-state index in [-0.39, 0.29) is 17.7 Å². The first kappa shape index (κ1) is 12.9. The van der Waals surface area contributed by atoms with Crippen LogP contribution in [0.4, 0.5) is 4.39 Å². The van der Waals surface area contributed by atoms with Crippen molar-refractivity contribution in [1.29, 1.82) is 0 Å². The highest BCUT2D eigenvalue weighted by molar-refractivity contribution is 5.32. The molecule has 0 spiro atoms. The third kappa shape index (κ3) is 4.59. The van der Waals surface area contributed by atoms with Gasteiger partial charge >= 0.3 is 0 Å². The van der Waals surface area contributed by atoms with Crippen LogP contribution in [-0.2, 0) is 6.54 Å². The number of aromatic hydroxyl groups is 1. The lowest BCUT2D eigenvalue weighted by atomic mass is 10.2. The first-order chi connectivity index (χ1) is 7.59. The number of aliphatic hydroxyl groups is 1. The maximum absolute atomic E-state index is 12.9. The Balaban J connectivity index is 2.29. The van der Waals surface area contributed by atoms with Gasteiger partial charge in [-0.1, -0.05) is 0 Å². The summed E-state index contributed by atoms with van der Waals surface area (Å²) in [4.78, 5) is 0. The molecule has 1 aromatic carbocycles. The predicted molar refractivity (Wildman–Crippen MR) is 60.7 cm³/mol. The number of nitrogens with one attached hydrogen (secondary N) is 1. The molecule has 16 heavy (non-hydrogen) atoms. The van der Waals surface area contributed by atoms with E-state index < -0.39 is 0 Å². The van der Waals surface area contributed by atoms with E-state index >= 15 is 0 Å². The Kier molecular flexibility index (Phi) is 5.22. The lowest BCUT2D eigenvalue weighted by Crippen LogP contribution is -2.16. The minimum absolute atomic E-state index is 0.101. The second kappa shape index (κ2) is 6.45. The minimum atomic E-state index is -0.349. The topological polar surface area (TPSA) is 52.5 Å². The first-order valence-electron chi connectivity index (χ1n) is 5.46. The minimum Gasteiger partial charge on any atom is -0.508 e. The summed E-state index contributed by atoms with van der Waals surface area (Å²) in [5.74, 6) is -0.247. The molecular formula is C12H18FNO2. The van der Waals surface area contributed by atoms with Crippen molar-refractivity contribution in [1.82, 2.24) is 5.32 Å². The molecule has 1 rings (SSSR count). The summed E-state index contributed by atoms with van der Waals surface area (Å²) >= 11 is 0. The molecule has 0 heterocycles. The Hall–Kier alpha value is -1.13. The number of hydrogen-bond donors (Lipinski definition) is 3. The number of phenolic OH excluding ortho intramolecular Hbond substituents is 1. The predicted octanol–water partition coefficient (Wildman–Crippen LogP) is 1.78. The zero-order chi connectivity index (χ0) is 12.0. The van der Waals surface area contributed by atoms with Crippen LogP contribution in [0, 0.1) is 5.82 Å². The molecule has 0 bridgehead atoms. The monoisotopic (exact) mass is 227 g/mol. The molecule has 0 aliphatic carbocycles. The Bertz CT molecular complexity index is 329. The second-order valence-corrected chi connectivity index (χ2v) is 3.94. The van der Waals surface area contributed by atoms with Crippen LogP contribution in [0.1, 0.15) is 25.3 Å². The van der Waals surface area contributed by atoms with Crippen molar-refractivity contribution >= 4 is 0 Å². The quantitative estimate of drug-likeness (QED) is 0.649. The van der Waals surface area contributed by atoms with Crippen molar-refractivity contribution in [3.63, 3.8) is 0 Å². The molecule has 0 aliphatic rings. The molecule has 3 nitrogen and oxygen atoms in total. The molecule has 0 radical (unpaired) electrons. The number of phenols is 1. The maximum atomic E-state index is 12.9. The van der Waals surface area contributed by atoms with Crippen molar-refractivity contribution in [2.75, 3.05) is 6.54 Å². The van der Waals surface area contributed by atoms with E-state index in [9.17, 15) is 9.50 Å². The van der Waals surface area contributed by atoms with E-state index in [1.165, 1.54) is 18.2 Å². The number of hydrogen-bond acceptors (Lipinski definition) is 3. The van der Waals surface area contributed by atoms with Crippen molar-refractivity contribution in [3.05, 3.63) is 29.6 Å². The lowest BCUT2D eigenvalue weighted by Gasteiger charge is -2.07. The number of halogens is 1. The molecule has 0 amide bonds. The molecule has 1 atom stereocenters. The molecular weight excluding hydrogens is 209 g/mol. The van der Waals surface area contributed by atoms with Gasteiger partial charge in [-0.25, -0.2) is 4.39 Å². The summed E-state index contributed by atoms with van der Waals surface area (Å²) in [5, 5.41) is 21.6. The number of rotatable bonds is 6. The summed E-state index contributed by atoms with van der Waals surface area (Å²) in [5.41, 5.74) is 0.553.